The molecule has 0 aliphatic carbocycles. The molecule has 1 heterocycles. The molecule has 0 amide bonds. The fraction of sp³-hybridized carbons (Fsp3) is 0.158. The highest BCUT2D eigenvalue weighted by atomic mass is 79.9. The molecule has 0 saturated heterocycles. The number of para-hydroxylation sites is 2. The van der Waals surface area contributed by atoms with E-state index in [9.17, 15) is 10.1 Å². The van der Waals surface area contributed by atoms with E-state index < -0.39 is 5.78 Å². The summed E-state index contributed by atoms with van der Waals surface area (Å²) < 4.78 is 6.33. The van der Waals surface area contributed by atoms with Crippen LogP contribution in [0.3, 0.4) is 0 Å². The Morgan fingerprint density at radius 2 is 1.81 bits per heavy atom. The topological polar surface area (TPSA) is 56.6 Å². The van der Waals surface area contributed by atoms with Crippen LogP contribution in [0.1, 0.15) is 0 Å². The van der Waals surface area contributed by atoms with Crippen molar-refractivity contribution in [2.45, 2.75) is 0 Å². The van der Waals surface area contributed by atoms with Gasteiger partial charge < -0.3 is 14.5 Å². The second-order valence-corrected chi connectivity index (χ2v) is 7.03. The predicted molar refractivity (Wildman–Crippen MR) is 106 cm³/mol. The van der Waals surface area contributed by atoms with Gasteiger partial charge in [0.2, 0.25) is 5.78 Å². The number of hydrogen-bond acceptors (Lipinski definition) is 5. The first-order chi connectivity index (χ1) is 12.4. The summed E-state index contributed by atoms with van der Waals surface area (Å²) in [6.07, 6.45) is 0. The molecule has 0 radical (unpaired) electrons. The lowest BCUT2D eigenvalue weighted by Gasteiger charge is -2.20. The molecule has 26 heavy (non-hydrogen) atoms. The fourth-order valence-corrected chi connectivity index (χ4v) is 3.59. The zero-order valence-corrected chi connectivity index (χ0v) is 16.5. The van der Waals surface area contributed by atoms with E-state index in [2.05, 4.69) is 15.9 Å². The van der Waals surface area contributed by atoms with Crippen LogP contribution in [0.2, 0.25) is 5.02 Å². The molecule has 132 valence electrons. The van der Waals surface area contributed by atoms with Crippen LogP contribution in [0.25, 0.3) is 0 Å². The van der Waals surface area contributed by atoms with E-state index in [-0.39, 0.29) is 12.2 Å². The number of fused-ring (bicyclic) bond motifs is 1. The van der Waals surface area contributed by atoms with Crippen LogP contribution >= 0.6 is 27.5 Å². The Labute approximate surface area is 165 Å². The zero-order valence-electron chi connectivity index (χ0n) is 14.2. The number of anilines is 2. The summed E-state index contributed by atoms with van der Waals surface area (Å²) in [6, 6.07) is 14.9. The van der Waals surface area contributed by atoms with E-state index in [0.717, 1.165) is 15.8 Å². The highest BCUT2D eigenvalue weighted by molar-refractivity contribution is 9.10. The second-order valence-electron chi connectivity index (χ2n) is 5.70. The molecule has 0 N–H and O–H groups in total. The van der Waals surface area contributed by atoms with Gasteiger partial charge in [0.05, 0.1) is 16.4 Å². The number of ketones is 1. The summed E-state index contributed by atoms with van der Waals surface area (Å²) in [5.74, 6) is 0.513. The van der Waals surface area contributed by atoms with Crippen molar-refractivity contribution >= 4 is 44.7 Å². The second kappa shape index (κ2) is 7.40. The lowest BCUT2D eigenvalue weighted by atomic mass is 10.2. The zero-order chi connectivity index (χ0) is 18.8. The number of rotatable bonds is 4. The van der Waals surface area contributed by atoms with Crippen molar-refractivity contribution in [1.82, 2.24) is 0 Å². The van der Waals surface area contributed by atoms with E-state index in [1.165, 1.54) is 0 Å². The van der Waals surface area contributed by atoms with Crippen LogP contribution in [0.4, 0.5) is 11.4 Å². The van der Waals surface area contributed by atoms with E-state index in [0.29, 0.717) is 16.6 Å². The maximum Gasteiger partial charge on any atom is 0.214 e. The summed E-state index contributed by atoms with van der Waals surface area (Å²) in [5, 5.41) is 9.98. The molecular formula is C19H15BrClN3O2. The SMILES string of the molecule is CN1C(=C(C#N)C(=O)COc2ccc(Br)cc2Cl)N(C)c2ccccc21. The molecule has 0 spiro atoms. The molecule has 0 unspecified atom stereocenters. The Hall–Kier alpha value is -2.49. The Kier molecular flexibility index (Phi) is 5.21. The summed E-state index contributed by atoms with van der Waals surface area (Å²) in [4.78, 5) is 16.3. The molecule has 0 fully saturated rings. The number of nitrogens with zero attached hydrogens (tertiary/aromatic N) is 3. The van der Waals surface area contributed by atoms with E-state index in [1.54, 1.807) is 18.2 Å². The van der Waals surface area contributed by atoms with Crippen molar-refractivity contribution < 1.29 is 9.53 Å². The maximum atomic E-state index is 12.6. The minimum Gasteiger partial charge on any atom is -0.484 e. The Morgan fingerprint density at radius 3 is 2.35 bits per heavy atom. The number of ether oxygens (including phenoxy) is 1. The van der Waals surface area contributed by atoms with Crippen molar-refractivity contribution in [3.63, 3.8) is 0 Å². The lowest BCUT2D eigenvalue weighted by Crippen LogP contribution is -2.27. The van der Waals surface area contributed by atoms with Gasteiger partial charge >= 0.3 is 0 Å². The largest absolute Gasteiger partial charge is 0.484 e. The quantitative estimate of drug-likeness (QED) is 0.530. The molecular weight excluding hydrogens is 418 g/mol. The molecule has 7 heteroatoms. The van der Waals surface area contributed by atoms with Crippen LogP contribution in [0.5, 0.6) is 5.75 Å². The van der Waals surface area contributed by atoms with Crippen molar-refractivity contribution in [2.24, 2.45) is 0 Å². The molecule has 0 atom stereocenters. The number of halogens is 2. The van der Waals surface area contributed by atoms with Gasteiger partial charge in [-0.3, -0.25) is 4.79 Å². The first-order valence-corrected chi connectivity index (χ1v) is 8.93. The predicted octanol–water partition coefficient (Wildman–Crippen LogP) is 4.37. The van der Waals surface area contributed by atoms with Gasteiger partial charge in [-0.25, -0.2) is 0 Å². The van der Waals surface area contributed by atoms with Gasteiger partial charge in [-0.05, 0) is 30.3 Å². The number of carbonyl (C=O) groups is 1. The molecule has 2 aromatic rings. The number of benzene rings is 2. The molecule has 1 aliphatic rings. The monoisotopic (exact) mass is 431 g/mol. The van der Waals surface area contributed by atoms with Crippen LogP contribution in [-0.4, -0.2) is 26.5 Å². The minimum atomic E-state index is -0.409. The van der Waals surface area contributed by atoms with Crippen LogP contribution < -0.4 is 14.5 Å². The summed E-state index contributed by atoms with van der Waals surface area (Å²) >= 11 is 9.42. The summed E-state index contributed by atoms with van der Waals surface area (Å²) in [6.45, 7) is -0.272. The minimum absolute atomic E-state index is 0.0411. The van der Waals surface area contributed by atoms with Gasteiger partial charge in [-0.15, -0.1) is 0 Å². The average molecular weight is 433 g/mol. The van der Waals surface area contributed by atoms with Gasteiger partial charge in [0.25, 0.3) is 0 Å². The van der Waals surface area contributed by atoms with Crippen molar-refractivity contribution in [3.8, 4) is 11.8 Å². The standard InChI is InChI=1S/C19H15BrClN3O2/c1-23-15-5-3-4-6-16(15)24(2)19(23)13(10-22)17(25)11-26-18-8-7-12(20)9-14(18)21/h3-9H,11H2,1-2H3. The highest BCUT2D eigenvalue weighted by Gasteiger charge is 2.31. The van der Waals surface area contributed by atoms with Crippen molar-refractivity contribution in [2.75, 3.05) is 30.5 Å². The average Bonchev–Trinajstić information content (AvgIpc) is 2.87. The van der Waals surface area contributed by atoms with Gasteiger partial charge in [0.15, 0.2) is 6.61 Å². The van der Waals surface area contributed by atoms with Gasteiger partial charge in [-0.1, -0.05) is 39.7 Å². The molecule has 1 aliphatic heterocycles. The van der Waals surface area contributed by atoms with Gasteiger partial charge in [0, 0.05) is 18.6 Å². The lowest BCUT2D eigenvalue weighted by molar-refractivity contribution is -0.117. The molecule has 3 rings (SSSR count). The van der Waals surface area contributed by atoms with E-state index >= 15 is 0 Å². The first-order valence-electron chi connectivity index (χ1n) is 7.76. The third kappa shape index (κ3) is 3.28. The Bertz CT molecular complexity index is 921. The van der Waals surface area contributed by atoms with Gasteiger partial charge in [0.1, 0.15) is 23.2 Å². The van der Waals surface area contributed by atoms with Crippen molar-refractivity contribution in [1.29, 1.82) is 5.26 Å². The Balaban J connectivity index is 1.86. The third-order valence-corrected chi connectivity index (χ3v) is 4.90. The van der Waals surface area contributed by atoms with Gasteiger partial charge in [-0.2, -0.15) is 5.26 Å². The molecule has 0 saturated carbocycles. The number of carbonyl (C=O) groups excluding carboxylic acids is 1. The fourth-order valence-electron chi connectivity index (χ4n) is 2.86. The normalized spacial score (nSPS) is 12.7. The smallest absolute Gasteiger partial charge is 0.214 e. The number of nitriles is 1. The summed E-state index contributed by atoms with van der Waals surface area (Å²) in [5.41, 5.74) is 1.91. The molecule has 0 bridgehead atoms. The van der Waals surface area contributed by atoms with E-state index in [1.807, 2.05) is 54.2 Å². The Morgan fingerprint density at radius 1 is 1.19 bits per heavy atom. The first kappa shape index (κ1) is 18.3. The summed E-state index contributed by atoms with van der Waals surface area (Å²) in [7, 11) is 3.66. The van der Waals surface area contributed by atoms with Crippen LogP contribution in [0, 0.1) is 11.3 Å². The van der Waals surface area contributed by atoms with Crippen molar-refractivity contribution in [3.05, 3.63) is 63.4 Å². The molecule has 5 nitrogen and oxygen atoms in total. The maximum absolute atomic E-state index is 12.6. The molecule has 0 aromatic heterocycles. The number of hydrogen-bond donors (Lipinski definition) is 0. The molecule has 2 aromatic carbocycles. The third-order valence-electron chi connectivity index (χ3n) is 4.11. The highest BCUT2D eigenvalue weighted by Crippen LogP contribution is 2.40. The van der Waals surface area contributed by atoms with E-state index in [4.69, 9.17) is 16.3 Å². The van der Waals surface area contributed by atoms with Crippen LogP contribution in [0.15, 0.2) is 58.3 Å². The van der Waals surface area contributed by atoms with Crippen LogP contribution in [-0.2, 0) is 4.79 Å². The number of Topliss-reactive ketones (excluding diaryl/α,β-unsaturated/α-hetero) is 1.